The van der Waals surface area contributed by atoms with E-state index in [-0.39, 0.29) is 24.0 Å². The zero-order chi connectivity index (χ0) is 18.4. The van der Waals surface area contributed by atoms with Crippen LogP contribution in [-0.4, -0.2) is 38.2 Å². The number of hydrogen-bond donors (Lipinski definition) is 2. The summed E-state index contributed by atoms with van der Waals surface area (Å²) in [6.07, 6.45) is 3.97. The molecule has 0 amide bonds. The topological polar surface area (TPSA) is 61.8 Å². The fraction of sp³-hybridized carbons (Fsp3) is 0.474. The molecule has 6 nitrogen and oxygen atoms in total. The third kappa shape index (κ3) is 6.24. The first-order valence-electron chi connectivity index (χ1n) is 8.96. The highest BCUT2D eigenvalue weighted by atomic mass is 127. The number of aromatic nitrogens is 1. The number of nitrogens with one attached hydrogen (secondary N) is 2. The largest absolute Gasteiger partial charge is 0.490 e. The number of thiazole rings is 1. The van der Waals surface area contributed by atoms with E-state index in [1.165, 1.54) is 6.42 Å². The molecule has 1 aromatic heterocycles. The molecule has 0 atom stereocenters. The summed E-state index contributed by atoms with van der Waals surface area (Å²) < 4.78 is 6.09. The Bertz CT molecular complexity index is 745. The van der Waals surface area contributed by atoms with Crippen LogP contribution in [0.2, 0.25) is 0 Å². The molecule has 3 rings (SSSR count). The molecular weight excluding hydrogens is 473 g/mol. The molecule has 1 heterocycles. The third-order valence-corrected chi connectivity index (χ3v) is 5.40. The predicted octanol–water partition coefficient (Wildman–Crippen LogP) is 3.62. The second-order valence-electron chi connectivity index (χ2n) is 6.57. The van der Waals surface area contributed by atoms with Crippen molar-refractivity contribution >= 4 is 46.4 Å². The van der Waals surface area contributed by atoms with Gasteiger partial charge in [-0.05, 0) is 25.3 Å². The molecule has 0 spiro atoms. The van der Waals surface area contributed by atoms with Crippen LogP contribution in [0, 0.1) is 0 Å². The van der Waals surface area contributed by atoms with Gasteiger partial charge in [-0.15, -0.1) is 35.3 Å². The van der Waals surface area contributed by atoms with Crippen molar-refractivity contribution in [3.05, 3.63) is 40.9 Å². The van der Waals surface area contributed by atoms with Crippen molar-refractivity contribution in [2.45, 2.75) is 38.5 Å². The van der Waals surface area contributed by atoms with Crippen LogP contribution in [0.25, 0.3) is 0 Å². The summed E-state index contributed by atoms with van der Waals surface area (Å²) in [6, 6.07) is 8.20. The number of benzene rings is 1. The van der Waals surface area contributed by atoms with Gasteiger partial charge in [0.1, 0.15) is 5.75 Å². The molecule has 1 aromatic carbocycles. The number of rotatable bonds is 7. The van der Waals surface area contributed by atoms with E-state index < -0.39 is 0 Å². The number of ether oxygens (including phenoxy) is 1. The van der Waals surface area contributed by atoms with Crippen LogP contribution in [0.3, 0.4) is 0 Å². The van der Waals surface area contributed by atoms with Crippen molar-refractivity contribution in [1.29, 1.82) is 0 Å². The van der Waals surface area contributed by atoms with Gasteiger partial charge in [0.15, 0.2) is 11.1 Å². The Hall–Kier alpha value is -1.55. The van der Waals surface area contributed by atoms with Crippen molar-refractivity contribution in [2.75, 3.05) is 26.0 Å². The van der Waals surface area contributed by atoms with E-state index in [1.807, 2.05) is 37.2 Å². The SMILES string of the molecule is CN=C(NCc1csc(N(C)C)n1)NCc1ccccc1OC1CCC1.I. The molecule has 27 heavy (non-hydrogen) atoms. The van der Waals surface area contributed by atoms with Crippen molar-refractivity contribution in [3.8, 4) is 5.75 Å². The van der Waals surface area contributed by atoms with Crippen molar-refractivity contribution in [1.82, 2.24) is 15.6 Å². The van der Waals surface area contributed by atoms with Gasteiger partial charge in [-0.2, -0.15) is 0 Å². The first kappa shape index (κ1) is 21.7. The molecule has 0 aliphatic heterocycles. The maximum absolute atomic E-state index is 6.09. The van der Waals surface area contributed by atoms with Crippen LogP contribution >= 0.6 is 35.3 Å². The Morgan fingerprint density at radius 2 is 2.00 bits per heavy atom. The minimum Gasteiger partial charge on any atom is -0.490 e. The van der Waals surface area contributed by atoms with Gasteiger partial charge >= 0.3 is 0 Å². The maximum Gasteiger partial charge on any atom is 0.191 e. The number of anilines is 1. The summed E-state index contributed by atoms with van der Waals surface area (Å²) in [5.41, 5.74) is 2.15. The second-order valence-corrected chi connectivity index (χ2v) is 7.41. The predicted molar refractivity (Wildman–Crippen MR) is 124 cm³/mol. The van der Waals surface area contributed by atoms with Gasteiger partial charge in [0, 0.05) is 38.6 Å². The van der Waals surface area contributed by atoms with Crippen LogP contribution < -0.4 is 20.3 Å². The molecular formula is C19H28IN5OS. The fourth-order valence-electron chi connectivity index (χ4n) is 2.59. The molecule has 0 unspecified atom stereocenters. The summed E-state index contributed by atoms with van der Waals surface area (Å²) in [4.78, 5) is 10.9. The lowest BCUT2D eigenvalue weighted by molar-refractivity contribution is 0.119. The maximum atomic E-state index is 6.09. The monoisotopic (exact) mass is 501 g/mol. The second kappa shape index (κ2) is 10.7. The van der Waals surface area contributed by atoms with Crippen LogP contribution in [0.5, 0.6) is 5.75 Å². The van der Waals surface area contributed by atoms with E-state index in [0.717, 1.165) is 40.9 Å². The Labute approximate surface area is 182 Å². The Balaban J connectivity index is 0.00000261. The highest BCUT2D eigenvalue weighted by Gasteiger charge is 2.20. The van der Waals surface area contributed by atoms with E-state index in [9.17, 15) is 0 Å². The van der Waals surface area contributed by atoms with Gasteiger partial charge in [-0.1, -0.05) is 18.2 Å². The molecule has 1 aliphatic carbocycles. The molecule has 1 fully saturated rings. The van der Waals surface area contributed by atoms with Crippen molar-refractivity contribution in [2.24, 2.45) is 4.99 Å². The quantitative estimate of drug-likeness (QED) is 0.345. The molecule has 0 bridgehead atoms. The van der Waals surface area contributed by atoms with Gasteiger partial charge in [-0.25, -0.2) is 4.98 Å². The number of halogens is 1. The lowest BCUT2D eigenvalue weighted by Gasteiger charge is -2.27. The molecule has 148 valence electrons. The Morgan fingerprint density at radius 3 is 2.63 bits per heavy atom. The molecule has 1 saturated carbocycles. The Morgan fingerprint density at radius 1 is 1.26 bits per heavy atom. The summed E-state index contributed by atoms with van der Waals surface area (Å²) >= 11 is 1.64. The molecule has 2 N–H and O–H groups in total. The molecule has 0 radical (unpaired) electrons. The number of para-hydroxylation sites is 1. The van der Waals surface area contributed by atoms with Crippen molar-refractivity contribution < 1.29 is 4.74 Å². The number of aliphatic imine (C=N–C) groups is 1. The lowest BCUT2D eigenvalue weighted by Crippen LogP contribution is -2.36. The smallest absolute Gasteiger partial charge is 0.191 e. The van der Waals surface area contributed by atoms with E-state index >= 15 is 0 Å². The van der Waals surface area contributed by atoms with Crippen LogP contribution in [-0.2, 0) is 13.1 Å². The van der Waals surface area contributed by atoms with E-state index in [2.05, 4.69) is 32.1 Å². The van der Waals surface area contributed by atoms with Gasteiger partial charge < -0.3 is 20.3 Å². The highest BCUT2D eigenvalue weighted by Crippen LogP contribution is 2.27. The lowest BCUT2D eigenvalue weighted by atomic mass is 9.96. The summed E-state index contributed by atoms with van der Waals surface area (Å²) in [5, 5.41) is 9.75. The zero-order valence-corrected chi connectivity index (χ0v) is 19.2. The number of nitrogens with zero attached hydrogens (tertiary/aromatic N) is 3. The standard InChI is InChI=1S/C19H27N5OS.HI/c1-20-18(22-12-15-13-26-19(23-15)24(2)3)21-11-14-7-4-5-10-17(14)25-16-8-6-9-16;/h4-5,7,10,13,16H,6,8-9,11-12H2,1-3H3,(H2,20,21,22);1H. The minimum atomic E-state index is 0. The number of guanidine groups is 1. The summed E-state index contributed by atoms with van der Waals surface area (Å²) in [5.74, 6) is 1.72. The van der Waals surface area contributed by atoms with Crippen molar-refractivity contribution in [3.63, 3.8) is 0 Å². The highest BCUT2D eigenvalue weighted by molar-refractivity contribution is 14.0. The van der Waals surface area contributed by atoms with Gasteiger partial charge in [0.2, 0.25) is 0 Å². The van der Waals surface area contributed by atoms with Gasteiger partial charge in [-0.3, -0.25) is 4.99 Å². The minimum absolute atomic E-state index is 0. The van der Waals surface area contributed by atoms with E-state index in [4.69, 9.17) is 4.74 Å². The molecule has 8 heteroatoms. The molecule has 2 aromatic rings. The Kier molecular flexibility index (Phi) is 8.62. The van der Waals surface area contributed by atoms with Gasteiger partial charge in [0.05, 0.1) is 18.3 Å². The average Bonchev–Trinajstić information content (AvgIpc) is 3.08. The normalized spacial score (nSPS) is 14.1. The van der Waals surface area contributed by atoms with Crippen LogP contribution in [0.15, 0.2) is 34.6 Å². The van der Waals surface area contributed by atoms with E-state index in [0.29, 0.717) is 19.2 Å². The first-order valence-corrected chi connectivity index (χ1v) is 9.84. The summed E-state index contributed by atoms with van der Waals surface area (Å²) in [7, 11) is 5.78. The average molecular weight is 501 g/mol. The molecule has 0 saturated heterocycles. The molecule has 1 aliphatic rings. The first-order chi connectivity index (χ1) is 12.7. The van der Waals surface area contributed by atoms with Gasteiger partial charge in [0.25, 0.3) is 0 Å². The third-order valence-electron chi connectivity index (χ3n) is 4.35. The fourth-order valence-corrected chi connectivity index (χ4v) is 3.35. The number of hydrogen-bond acceptors (Lipinski definition) is 5. The van der Waals surface area contributed by atoms with Crippen LogP contribution in [0.1, 0.15) is 30.5 Å². The zero-order valence-electron chi connectivity index (χ0n) is 16.1. The summed E-state index contributed by atoms with van der Waals surface area (Å²) in [6.45, 7) is 1.31. The van der Waals surface area contributed by atoms with E-state index in [1.54, 1.807) is 18.4 Å². The van der Waals surface area contributed by atoms with Crippen LogP contribution in [0.4, 0.5) is 5.13 Å².